The summed E-state index contributed by atoms with van der Waals surface area (Å²) in [5.41, 5.74) is 2.90. The number of benzene rings is 3. The molecular formula is C24H18Cl2N2O2. The summed E-state index contributed by atoms with van der Waals surface area (Å²) in [6.07, 6.45) is 6.23. The summed E-state index contributed by atoms with van der Waals surface area (Å²) in [5, 5.41) is 6.74. The Hall–Kier alpha value is -3.34. The summed E-state index contributed by atoms with van der Waals surface area (Å²) in [4.78, 5) is 24.1. The van der Waals surface area contributed by atoms with Crippen LogP contribution in [-0.4, -0.2) is 11.8 Å². The largest absolute Gasteiger partial charge is 0.323 e. The molecule has 0 fully saturated rings. The van der Waals surface area contributed by atoms with Gasteiger partial charge in [-0.1, -0.05) is 47.5 Å². The smallest absolute Gasteiger partial charge is 0.248 e. The molecule has 0 bridgehead atoms. The van der Waals surface area contributed by atoms with Gasteiger partial charge in [0, 0.05) is 33.6 Å². The number of anilines is 2. The molecule has 0 saturated carbocycles. The van der Waals surface area contributed by atoms with Crippen molar-refractivity contribution in [2.75, 3.05) is 10.6 Å². The van der Waals surface area contributed by atoms with E-state index in [9.17, 15) is 9.59 Å². The lowest BCUT2D eigenvalue weighted by molar-refractivity contribution is -0.112. The predicted molar refractivity (Wildman–Crippen MR) is 125 cm³/mol. The molecule has 0 aromatic heterocycles. The van der Waals surface area contributed by atoms with Crippen molar-refractivity contribution in [2.24, 2.45) is 0 Å². The van der Waals surface area contributed by atoms with Crippen LogP contribution < -0.4 is 10.6 Å². The second kappa shape index (κ2) is 10.4. The van der Waals surface area contributed by atoms with E-state index in [2.05, 4.69) is 10.6 Å². The number of carbonyl (C=O) groups is 2. The number of nitrogens with one attached hydrogen (secondary N) is 2. The third-order valence-electron chi connectivity index (χ3n) is 3.97. The molecule has 0 aliphatic heterocycles. The highest BCUT2D eigenvalue weighted by atomic mass is 35.5. The molecule has 0 aliphatic rings. The van der Waals surface area contributed by atoms with Crippen LogP contribution in [0.1, 0.15) is 11.1 Å². The zero-order chi connectivity index (χ0) is 21.3. The molecule has 6 heteroatoms. The van der Waals surface area contributed by atoms with Crippen LogP contribution in [0.3, 0.4) is 0 Å². The molecule has 0 atom stereocenters. The van der Waals surface area contributed by atoms with Crippen molar-refractivity contribution >= 4 is 58.5 Å². The van der Waals surface area contributed by atoms with Crippen LogP contribution in [-0.2, 0) is 9.59 Å². The fraction of sp³-hybridized carbons (Fsp3) is 0. The van der Waals surface area contributed by atoms with Gasteiger partial charge in [-0.3, -0.25) is 9.59 Å². The molecule has 3 rings (SSSR count). The van der Waals surface area contributed by atoms with E-state index in [0.717, 1.165) is 11.1 Å². The Morgan fingerprint density at radius 1 is 0.633 bits per heavy atom. The van der Waals surface area contributed by atoms with Crippen LogP contribution in [0.25, 0.3) is 12.2 Å². The molecular weight excluding hydrogens is 419 g/mol. The average molecular weight is 437 g/mol. The Labute approximate surface area is 184 Å². The number of rotatable bonds is 6. The van der Waals surface area contributed by atoms with E-state index in [1.165, 1.54) is 12.2 Å². The van der Waals surface area contributed by atoms with Gasteiger partial charge in [0.2, 0.25) is 11.8 Å². The average Bonchev–Trinajstić information content (AvgIpc) is 2.72. The first-order chi connectivity index (χ1) is 14.5. The Morgan fingerprint density at radius 2 is 1.03 bits per heavy atom. The van der Waals surface area contributed by atoms with E-state index < -0.39 is 0 Å². The topological polar surface area (TPSA) is 58.2 Å². The van der Waals surface area contributed by atoms with Crippen molar-refractivity contribution in [3.63, 3.8) is 0 Å². The SMILES string of the molecule is O=C(/C=C/c1cccc(Cl)c1)Nc1ccc(NC(=O)/C=C/c2cccc(Cl)c2)cc1. The standard InChI is InChI=1S/C24H18Cl2N2O2/c25-19-5-1-3-17(15-19)7-13-23(29)27-21-9-11-22(12-10-21)28-24(30)14-8-18-4-2-6-20(26)16-18/h1-16H,(H,27,29)(H,28,30)/b13-7+,14-8+. The molecule has 4 nitrogen and oxygen atoms in total. The maximum atomic E-state index is 12.1. The summed E-state index contributed by atoms with van der Waals surface area (Å²) in [6, 6.07) is 21.3. The molecule has 2 N–H and O–H groups in total. The van der Waals surface area contributed by atoms with E-state index in [1.54, 1.807) is 60.7 Å². The Bertz CT molecular complexity index is 1020. The van der Waals surface area contributed by atoms with Crippen molar-refractivity contribution < 1.29 is 9.59 Å². The van der Waals surface area contributed by atoms with Crippen molar-refractivity contribution in [3.05, 3.63) is 106 Å². The molecule has 3 aromatic rings. The number of hydrogen-bond donors (Lipinski definition) is 2. The third kappa shape index (κ3) is 6.92. The molecule has 0 heterocycles. The van der Waals surface area contributed by atoms with Crippen molar-refractivity contribution in [1.82, 2.24) is 0 Å². The van der Waals surface area contributed by atoms with Crippen LogP contribution in [0.15, 0.2) is 84.9 Å². The normalized spacial score (nSPS) is 11.0. The summed E-state index contributed by atoms with van der Waals surface area (Å²) in [7, 11) is 0. The van der Waals surface area contributed by atoms with Crippen LogP contribution in [0.5, 0.6) is 0 Å². The van der Waals surface area contributed by atoms with Crippen LogP contribution in [0.4, 0.5) is 11.4 Å². The van der Waals surface area contributed by atoms with Gasteiger partial charge in [-0.05, 0) is 71.8 Å². The Balaban J connectivity index is 1.53. The minimum atomic E-state index is -0.267. The van der Waals surface area contributed by atoms with E-state index in [-0.39, 0.29) is 11.8 Å². The first-order valence-corrected chi connectivity index (χ1v) is 9.83. The van der Waals surface area contributed by atoms with Crippen LogP contribution >= 0.6 is 23.2 Å². The van der Waals surface area contributed by atoms with Gasteiger partial charge in [0.25, 0.3) is 0 Å². The number of carbonyl (C=O) groups excluding carboxylic acids is 2. The highest BCUT2D eigenvalue weighted by Crippen LogP contribution is 2.16. The molecule has 3 aromatic carbocycles. The fourth-order valence-electron chi connectivity index (χ4n) is 2.57. The molecule has 0 radical (unpaired) electrons. The van der Waals surface area contributed by atoms with Gasteiger partial charge < -0.3 is 10.6 Å². The quantitative estimate of drug-likeness (QED) is 0.445. The van der Waals surface area contributed by atoms with Crippen molar-refractivity contribution in [2.45, 2.75) is 0 Å². The van der Waals surface area contributed by atoms with E-state index >= 15 is 0 Å². The molecule has 0 spiro atoms. The fourth-order valence-corrected chi connectivity index (χ4v) is 2.97. The highest BCUT2D eigenvalue weighted by Gasteiger charge is 2.01. The van der Waals surface area contributed by atoms with E-state index in [0.29, 0.717) is 21.4 Å². The number of amides is 2. The maximum absolute atomic E-state index is 12.1. The second-order valence-electron chi connectivity index (χ2n) is 6.33. The zero-order valence-corrected chi connectivity index (χ0v) is 17.3. The molecule has 2 amide bonds. The summed E-state index contributed by atoms with van der Waals surface area (Å²) in [5.74, 6) is -0.535. The molecule has 30 heavy (non-hydrogen) atoms. The summed E-state index contributed by atoms with van der Waals surface area (Å²) in [6.45, 7) is 0. The minimum absolute atomic E-state index is 0.267. The van der Waals surface area contributed by atoms with Crippen LogP contribution in [0.2, 0.25) is 10.0 Å². The van der Waals surface area contributed by atoms with Gasteiger partial charge in [-0.15, -0.1) is 0 Å². The maximum Gasteiger partial charge on any atom is 0.248 e. The van der Waals surface area contributed by atoms with Gasteiger partial charge >= 0.3 is 0 Å². The Kier molecular flexibility index (Phi) is 7.44. The van der Waals surface area contributed by atoms with Crippen molar-refractivity contribution in [1.29, 1.82) is 0 Å². The van der Waals surface area contributed by atoms with Gasteiger partial charge in [-0.25, -0.2) is 0 Å². The first kappa shape index (κ1) is 21.4. The second-order valence-corrected chi connectivity index (χ2v) is 7.21. The van der Waals surface area contributed by atoms with Gasteiger partial charge in [0.1, 0.15) is 0 Å². The highest BCUT2D eigenvalue weighted by molar-refractivity contribution is 6.31. The molecule has 0 aliphatic carbocycles. The van der Waals surface area contributed by atoms with Gasteiger partial charge in [0.05, 0.1) is 0 Å². The number of halogens is 2. The van der Waals surface area contributed by atoms with E-state index in [4.69, 9.17) is 23.2 Å². The third-order valence-corrected chi connectivity index (χ3v) is 4.44. The van der Waals surface area contributed by atoms with Gasteiger partial charge in [0.15, 0.2) is 0 Å². The molecule has 150 valence electrons. The monoisotopic (exact) mass is 436 g/mol. The summed E-state index contributed by atoms with van der Waals surface area (Å²) < 4.78 is 0. The lowest BCUT2D eigenvalue weighted by atomic mass is 10.2. The van der Waals surface area contributed by atoms with Gasteiger partial charge in [-0.2, -0.15) is 0 Å². The minimum Gasteiger partial charge on any atom is -0.323 e. The summed E-state index contributed by atoms with van der Waals surface area (Å²) >= 11 is 11.8. The molecule has 0 unspecified atom stereocenters. The zero-order valence-electron chi connectivity index (χ0n) is 15.8. The number of hydrogen-bond acceptors (Lipinski definition) is 2. The predicted octanol–water partition coefficient (Wildman–Crippen LogP) is 6.30. The van der Waals surface area contributed by atoms with Crippen LogP contribution in [0, 0.1) is 0 Å². The van der Waals surface area contributed by atoms with E-state index in [1.807, 2.05) is 24.3 Å². The lowest BCUT2D eigenvalue weighted by Crippen LogP contribution is -2.09. The lowest BCUT2D eigenvalue weighted by Gasteiger charge is -2.05. The first-order valence-electron chi connectivity index (χ1n) is 9.07. The van der Waals surface area contributed by atoms with Crippen molar-refractivity contribution in [3.8, 4) is 0 Å². The molecule has 0 saturated heterocycles. The Morgan fingerprint density at radius 3 is 1.40 bits per heavy atom.